The van der Waals surface area contributed by atoms with Gasteiger partial charge in [0, 0.05) is 11.7 Å². The number of aryl methyl sites for hydroxylation is 1. The molecule has 1 fully saturated rings. The highest BCUT2D eigenvalue weighted by atomic mass is 32.2. The van der Waals surface area contributed by atoms with E-state index >= 15 is 0 Å². The largest absolute Gasteiger partial charge is 0.325 e. The van der Waals surface area contributed by atoms with Gasteiger partial charge in [0.2, 0.25) is 15.9 Å². The molecule has 0 bridgehead atoms. The molecule has 134 valence electrons. The van der Waals surface area contributed by atoms with Gasteiger partial charge in [-0.1, -0.05) is 50.8 Å². The molecule has 1 aliphatic rings. The molecule has 6 heteroatoms. The van der Waals surface area contributed by atoms with Gasteiger partial charge in [0.25, 0.3) is 0 Å². The molecule has 1 saturated carbocycles. The van der Waals surface area contributed by atoms with Crippen LogP contribution in [-0.2, 0) is 21.2 Å². The summed E-state index contributed by atoms with van der Waals surface area (Å²) in [4.78, 5) is 12.4. The Morgan fingerprint density at radius 1 is 1.17 bits per heavy atom. The van der Waals surface area contributed by atoms with E-state index in [1.165, 1.54) is 10.6 Å². The van der Waals surface area contributed by atoms with Crippen LogP contribution in [0.1, 0.15) is 51.0 Å². The van der Waals surface area contributed by atoms with E-state index < -0.39 is 10.0 Å². The van der Waals surface area contributed by atoms with Crippen LogP contribution in [0.5, 0.6) is 0 Å². The molecule has 0 saturated heterocycles. The molecule has 0 heterocycles. The fraction of sp³-hybridized carbons (Fsp3) is 0.611. The second-order valence-corrected chi connectivity index (χ2v) is 8.45. The van der Waals surface area contributed by atoms with E-state index in [1.807, 2.05) is 31.2 Å². The Hall–Kier alpha value is -1.40. The van der Waals surface area contributed by atoms with E-state index in [2.05, 4.69) is 5.32 Å². The van der Waals surface area contributed by atoms with Crippen LogP contribution in [-0.4, -0.2) is 37.5 Å². The summed E-state index contributed by atoms with van der Waals surface area (Å²) < 4.78 is 25.8. The van der Waals surface area contributed by atoms with Crippen LogP contribution in [0.15, 0.2) is 24.3 Å². The maximum absolute atomic E-state index is 12.4. The van der Waals surface area contributed by atoms with Crippen molar-refractivity contribution in [3.63, 3.8) is 0 Å². The first-order valence-electron chi connectivity index (χ1n) is 8.76. The van der Waals surface area contributed by atoms with Gasteiger partial charge in [-0.25, -0.2) is 8.42 Å². The van der Waals surface area contributed by atoms with Crippen molar-refractivity contribution in [2.45, 2.75) is 57.9 Å². The molecule has 0 spiro atoms. The summed E-state index contributed by atoms with van der Waals surface area (Å²) in [5.41, 5.74) is 1.81. The van der Waals surface area contributed by atoms with Gasteiger partial charge in [-0.3, -0.25) is 4.79 Å². The number of carbonyl (C=O) groups excluding carboxylic acids is 1. The van der Waals surface area contributed by atoms with Gasteiger partial charge in [-0.05, 0) is 30.9 Å². The van der Waals surface area contributed by atoms with Gasteiger partial charge in [-0.2, -0.15) is 4.31 Å². The van der Waals surface area contributed by atoms with E-state index in [1.54, 1.807) is 0 Å². The molecule has 2 rings (SSSR count). The Morgan fingerprint density at radius 3 is 2.38 bits per heavy atom. The highest BCUT2D eigenvalue weighted by Gasteiger charge is 2.29. The molecule has 1 amide bonds. The lowest BCUT2D eigenvalue weighted by molar-refractivity contribution is -0.116. The topological polar surface area (TPSA) is 66.5 Å². The van der Waals surface area contributed by atoms with Crippen molar-refractivity contribution in [2.24, 2.45) is 0 Å². The zero-order valence-electron chi connectivity index (χ0n) is 14.6. The first-order valence-corrected chi connectivity index (χ1v) is 10.6. The molecule has 0 atom stereocenters. The third-order valence-electron chi connectivity index (χ3n) is 4.63. The Labute approximate surface area is 145 Å². The number of hydrogen-bond donors (Lipinski definition) is 1. The summed E-state index contributed by atoms with van der Waals surface area (Å²) in [5, 5.41) is 2.87. The number of nitrogens with zero attached hydrogens (tertiary/aromatic N) is 1. The number of rotatable bonds is 6. The number of amides is 1. The molecule has 0 radical (unpaired) electrons. The minimum Gasteiger partial charge on any atom is -0.325 e. The van der Waals surface area contributed by atoms with Crippen LogP contribution in [0.2, 0.25) is 0 Å². The maximum atomic E-state index is 12.4. The summed E-state index contributed by atoms with van der Waals surface area (Å²) in [6.45, 7) is 1.92. The van der Waals surface area contributed by atoms with Crippen molar-refractivity contribution in [2.75, 3.05) is 18.1 Å². The molecule has 5 nitrogen and oxygen atoms in total. The predicted molar refractivity (Wildman–Crippen MR) is 97.5 cm³/mol. The van der Waals surface area contributed by atoms with Gasteiger partial charge in [-0.15, -0.1) is 0 Å². The summed E-state index contributed by atoms with van der Waals surface area (Å²) in [7, 11) is -3.41. The van der Waals surface area contributed by atoms with Crippen LogP contribution < -0.4 is 5.32 Å². The molecule has 0 aromatic heterocycles. The van der Waals surface area contributed by atoms with Crippen LogP contribution in [0, 0.1) is 0 Å². The van der Waals surface area contributed by atoms with Crippen molar-refractivity contribution in [1.29, 1.82) is 0 Å². The molecule has 1 aliphatic carbocycles. The summed E-state index contributed by atoms with van der Waals surface area (Å²) in [6.07, 6.45) is 8.03. The van der Waals surface area contributed by atoms with E-state index in [4.69, 9.17) is 0 Å². The fourth-order valence-electron chi connectivity index (χ4n) is 3.34. The number of hydrogen-bond acceptors (Lipinski definition) is 3. The number of para-hydroxylation sites is 1. The normalized spacial score (nSPS) is 16.8. The minimum atomic E-state index is -3.41. The Balaban J connectivity index is 2.09. The number of nitrogens with one attached hydrogen (secondary N) is 1. The summed E-state index contributed by atoms with van der Waals surface area (Å²) >= 11 is 0. The second kappa shape index (κ2) is 8.62. The molecule has 0 unspecified atom stereocenters. The Bertz CT molecular complexity index is 650. The summed E-state index contributed by atoms with van der Waals surface area (Å²) in [6, 6.07) is 7.56. The molecule has 1 N–H and O–H groups in total. The first kappa shape index (κ1) is 18.9. The molecule has 0 aliphatic heterocycles. The predicted octanol–water partition coefficient (Wildman–Crippen LogP) is 3.17. The zero-order chi connectivity index (χ0) is 17.6. The average molecular weight is 353 g/mol. The standard InChI is InChI=1S/C18H28N2O3S/c1-3-15-10-8-9-13-17(15)19-18(21)14-20(24(2,22)23)16-11-6-4-5-7-12-16/h8-10,13,16H,3-7,11-12,14H2,1-2H3,(H,19,21). The van der Waals surface area contributed by atoms with E-state index in [9.17, 15) is 13.2 Å². The van der Waals surface area contributed by atoms with Crippen LogP contribution in [0.3, 0.4) is 0 Å². The van der Waals surface area contributed by atoms with Gasteiger partial charge in [0.05, 0.1) is 12.8 Å². The van der Waals surface area contributed by atoms with Crippen LogP contribution >= 0.6 is 0 Å². The number of sulfonamides is 1. The highest BCUT2D eigenvalue weighted by molar-refractivity contribution is 7.88. The first-order chi connectivity index (χ1) is 11.4. The van der Waals surface area contributed by atoms with Crippen LogP contribution in [0.4, 0.5) is 5.69 Å². The van der Waals surface area contributed by atoms with Crippen molar-refractivity contribution < 1.29 is 13.2 Å². The molecular formula is C18H28N2O3S. The van der Waals surface area contributed by atoms with Gasteiger partial charge < -0.3 is 5.32 Å². The van der Waals surface area contributed by atoms with Crippen LogP contribution in [0.25, 0.3) is 0 Å². The van der Waals surface area contributed by atoms with Gasteiger partial charge in [0.1, 0.15) is 0 Å². The van der Waals surface area contributed by atoms with E-state index in [-0.39, 0.29) is 18.5 Å². The number of carbonyl (C=O) groups is 1. The smallest absolute Gasteiger partial charge is 0.239 e. The summed E-state index contributed by atoms with van der Waals surface area (Å²) in [5.74, 6) is -0.273. The van der Waals surface area contributed by atoms with Gasteiger partial charge >= 0.3 is 0 Å². The second-order valence-electron chi connectivity index (χ2n) is 6.51. The third kappa shape index (κ3) is 5.31. The maximum Gasteiger partial charge on any atom is 0.239 e. The van der Waals surface area contributed by atoms with E-state index in [0.717, 1.165) is 56.2 Å². The Morgan fingerprint density at radius 2 is 1.79 bits per heavy atom. The number of anilines is 1. The lowest BCUT2D eigenvalue weighted by atomic mass is 10.1. The SMILES string of the molecule is CCc1ccccc1NC(=O)CN(C1CCCCCC1)S(C)(=O)=O. The lowest BCUT2D eigenvalue weighted by Crippen LogP contribution is -2.44. The quantitative estimate of drug-likeness (QED) is 0.800. The van der Waals surface area contributed by atoms with Crippen molar-refractivity contribution in [3.8, 4) is 0 Å². The molecule has 1 aromatic carbocycles. The highest BCUT2D eigenvalue weighted by Crippen LogP contribution is 2.24. The molecule has 24 heavy (non-hydrogen) atoms. The molecule has 1 aromatic rings. The third-order valence-corrected chi connectivity index (χ3v) is 5.91. The van der Waals surface area contributed by atoms with Crippen molar-refractivity contribution >= 4 is 21.6 Å². The van der Waals surface area contributed by atoms with Crippen molar-refractivity contribution in [1.82, 2.24) is 4.31 Å². The average Bonchev–Trinajstić information content (AvgIpc) is 2.81. The minimum absolute atomic E-state index is 0.0605. The Kier molecular flexibility index (Phi) is 6.80. The van der Waals surface area contributed by atoms with Crippen molar-refractivity contribution in [3.05, 3.63) is 29.8 Å². The number of benzene rings is 1. The monoisotopic (exact) mass is 352 g/mol. The fourth-order valence-corrected chi connectivity index (χ4v) is 4.45. The molecular weight excluding hydrogens is 324 g/mol. The zero-order valence-corrected chi connectivity index (χ0v) is 15.4. The van der Waals surface area contributed by atoms with E-state index in [0.29, 0.717) is 0 Å². The van der Waals surface area contributed by atoms with Gasteiger partial charge in [0.15, 0.2) is 0 Å². The lowest BCUT2D eigenvalue weighted by Gasteiger charge is -2.28.